The van der Waals surface area contributed by atoms with Crippen LogP contribution in [0.2, 0.25) is 5.02 Å². The van der Waals surface area contributed by atoms with Crippen molar-refractivity contribution in [2.24, 2.45) is 17.8 Å². The second-order valence-corrected chi connectivity index (χ2v) is 13.3. The first kappa shape index (κ1) is 35.7. The lowest BCUT2D eigenvalue weighted by atomic mass is 9.79. The smallest absolute Gasteiger partial charge is 0.254 e. The molecule has 1 aromatic heterocycles. The van der Waals surface area contributed by atoms with Crippen LogP contribution in [0, 0.1) is 17.8 Å². The topological polar surface area (TPSA) is 124 Å². The SMILES string of the molecule is CCCC1=CC=CCC1.CNC(=O)CNC(=O)C1CN(C(=O)Cc2c[nH]c3cc(Cl)ccc23)CC2CN(C(=O)c3cccc(OC)c3)CC21. The van der Waals surface area contributed by atoms with Crippen molar-refractivity contribution < 1.29 is 23.9 Å². The zero-order valence-corrected chi connectivity index (χ0v) is 29.2. The highest BCUT2D eigenvalue weighted by atomic mass is 35.5. The Kier molecular flexibility index (Phi) is 12.2. The number of aromatic nitrogens is 1. The molecule has 260 valence electrons. The average molecular weight is 688 g/mol. The van der Waals surface area contributed by atoms with Gasteiger partial charge < -0.3 is 30.2 Å². The number of aromatic amines is 1. The minimum atomic E-state index is -0.558. The molecule has 3 unspecified atom stereocenters. The number of rotatable bonds is 9. The molecule has 3 atom stereocenters. The summed E-state index contributed by atoms with van der Waals surface area (Å²) in [5.74, 6) is -1.04. The number of carbonyl (C=O) groups is 4. The molecular formula is C38H46ClN5O5. The van der Waals surface area contributed by atoms with Crippen molar-refractivity contribution in [3.63, 3.8) is 0 Å². The van der Waals surface area contributed by atoms with Crippen molar-refractivity contribution in [2.45, 2.75) is 39.0 Å². The summed E-state index contributed by atoms with van der Waals surface area (Å²) in [4.78, 5) is 58.7. The third kappa shape index (κ3) is 8.92. The van der Waals surface area contributed by atoms with E-state index < -0.39 is 5.92 Å². The van der Waals surface area contributed by atoms with Gasteiger partial charge in [0.05, 0.1) is 26.0 Å². The Morgan fingerprint density at radius 2 is 1.86 bits per heavy atom. The number of hydrogen-bond donors (Lipinski definition) is 3. The quantitative estimate of drug-likeness (QED) is 0.287. The molecule has 0 radical (unpaired) electrons. The monoisotopic (exact) mass is 687 g/mol. The minimum absolute atomic E-state index is 0.0789. The molecule has 4 amide bonds. The molecule has 2 aromatic carbocycles. The number of likely N-dealkylation sites (N-methyl/N-ethyl adjacent to an activating group) is 1. The van der Waals surface area contributed by atoms with Gasteiger partial charge in [0.1, 0.15) is 5.75 Å². The number of benzene rings is 2. The maximum Gasteiger partial charge on any atom is 0.254 e. The highest BCUT2D eigenvalue weighted by Crippen LogP contribution is 2.37. The van der Waals surface area contributed by atoms with E-state index in [1.807, 2.05) is 18.3 Å². The minimum Gasteiger partial charge on any atom is -0.497 e. The number of nitrogens with zero attached hydrogens (tertiary/aromatic N) is 2. The standard InChI is InChI=1S/C29H32ClN5O5.C9H14/c1-31-26(36)12-33-28(38)24-16-34(27(37)9-18-11-32-25-10-20(30)6-7-22(18)25)13-19-14-35(15-23(19)24)29(39)17-4-3-5-21(8-17)40-2;1-2-6-9-7-4-3-5-8-9/h3-8,10-11,19,23-24,32H,9,12-16H2,1-2H3,(H,31,36)(H,33,38);3-4,7H,2,5-6,8H2,1H3. The van der Waals surface area contributed by atoms with E-state index in [-0.39, 0.29) is 55.0 Å². The molecule has 10 nitrogen and oxygen atoms in total. The Hall–Kier alpha value is -4.57. The van der Waals surface area contributed by atoms with Gasteiger partial charge in [-0.05, 0) is 67.0 Å². The summed E-state index contributed by atoms with van der Waals surface area (Å²) in [6.45, 7) is 3.56. The molecular weight excluding hydrogens is 642 g/mol. The van der Waals surface area contributed by atoms with Gasteiger partial charge in [-0.1, -0.05) is 60.9 Å². The van der Waals surface area contributed by atoms with E-state index in [4.69, 9.17) is 16.3 Å². The van der Waals surface area contributed by atoms with E-state index in [9.17, 15) is 19.2 Å². The number of likely N-dealkylation sites (tertiary alicyclic amines) is 2. The number of nitrogens with one attached hydrogen (secondary N) is 3. The maximum absolute atomic E-state index is 13.5. The number of halogens is 1. The van der Waals surface area contributed by atoms with Gasteiger partial charge in [0, 0.05) is 60.9 Å². The largest absolute Gasteiger partial charge is 0.497 e. The molecule has 6 rings (SSSR count). The number of carbonyl (C=O) groups excluding carboxylic acids is 4. The van der Waals surface area contributed by atoms with Crippen LogP contribution in [0.3, 0.4) is 0 Å². The predicted molar refractivity (Wildman–Crippen MR) is 191 cm³/mol. The van der Waals surface area contributed by atoms with Gasteiger partial charge in [0.2, 0.25) is 17.7 Å². The summed E-state index contributed by atoms with van der Waals surface area (Å²) in [6.07, 6.45) is 13.8. The Morgan fingerprint density at radius 1 is 1.04 bits per heavy atom. The van der Waals surface area contributed by atoms with Crippen molar-refractivity contribution in [3.05, 3.63) is 88.6 Å². The Balaban J connectivity index is 0.000000452. The predicted octanol–water partition coefficient (Wildman–Crippen LogP) is 5.14. The summed E-state index contributed by atoms with van der Waals surface area (Å²) in [5.41, 5.74) is 3.83. The van der Waals surface area contributed by atoms with Gasteiger partial charge >= 0.3 is 0 Å². The van der Waals surface area contributed by atoms with Crippen molar-refractivity contribution in [1.29, 1.82) is 0 Å². The Labute approximate surface area is 292 Å². The van der Waals surface area contributed by atoms with Gasteiger partial charge in [-0.3, -0.25) is 19.2 Å². The van der Waals surface area contributed by atoms with E-state index in [0.29, 0.717) is 36.0 Å². The highest BCUT2D eigenvalue weighted by molar-refractivity contribution is 6.31. The molecule has 2 saturated heterocycles. The number of hydrogen-bond acceptors (Lipinski definition) is 5. The van der Waals surface area contributed by atoms with Crippen LogP contribution in [0.4, 0.5) is 0 Å². The van der Waals surface area contributed by atoms with Crippen molar-refractivity contribution in [1.82, 2.24) is 25.4 Å². The number of methoxy groups -OCH3 is 1. The average Bonchev–Trinajstić information content (AvgIpc) is 3.74. The number of amides is 4. The number of fused-ring (bicyclic) bond motifs is 2. The first-order chi connectivity index (χ1) is 23.7. The van der Waals surface area contributed by atoms with Gasteiger partial charge in [0.25, 0.3) is 5.91 Å². The van der Waals surface area contributed by atoms with Gasteiger partial charge in [-0.25, -0.2) is 0 Å². The number of allylic oxidation sites excluding steroid dienone is 4. The van der Waals surface area contributed by atoms with E-state index in [1.54, 1.807) is 52.8 Å². The lowest BCUT2D eigenvalue weighted by molar-refractivity contribution is -0.139. The van der Waals surface area contributed by atoms with Crippen molar-refractivity contribution in [3.8, 4) is 5.75 Å². The van der Waals surface area contributed by atoms with Crippen LogP contribution in [0.25, 0.3) is 10.9 Å². The number of H-pyrrole nitrogens is 1. The van der Waals surface area contributed by atoms with Crippen LogP contribution in [0.5, 0.6) is 5.75 Å². The first-order valence-electron chi connectivity index (χ1n) is 17.0. The van der Waals surface area contributed by atoms with Crippen LogP contribution in [0.15, 0.2) is 72.5 Å². The first-order valence-corrected chi connectivity index (χ1v) is 17.4. The second kappa shape index (κ2) is 16.7. The number of piperidine rings is 1. The van der Waals surface area contributed by atoms with Crippen molar-refractivity contribution in [2.75, 3.05) is 46.9 Å². The van der Waals surface area contributed by atoms with Crippen LogP contribution >= 0.6 is 11.6 Å². The van der Waals surface area contributed by atoms with Gasteiger partial charge in [-0.15, -0.1) is 0 Å². The van der Waals surface area contributed by atoms with Crippen LogP contribution in [0.1, 0.15) is 48.5 Å². The van der Waals surface area contributed by atoms with E-state index >= 15 is 0 Å². The van der Waals surface area contributed by atoms with Gasteiger partial charge in [-0.2, -0.15) is 0 Å². The molecule has 3 heterocycles. The van der Waals surface area contributed by atoms with Crippen molar-refractivity contribution >= 4 is 46.1 Å². The number of ether oxygens (including phenoxy) is 1. The molecule has 0 saturated carbocycles. The van der Waals surface area contributed by atoms with E-state index in [2.05, 4.69) is 40.8 Å². The fourth-order valence-corrected chi connectivity index (χ4v) is 7.18. The van der Waals surface area contributed by atoms with Crippen LogP contribution < -0.4 is 15.4 Å². The zero-order valence-electron chi connectivity index (χ0n) is 28.5. The summed E-state index contributed by atoms with van der Waals surface area (Å²) < 4.78 is 5.27. The van der Waals surface area contributed by atoms with Crippen LogP contribution in [-0.2, 0) is 20.8 Å². The fourth-order valence-electron chi connectivity index (χ4n) is 7.01. The molecule has 2 aliphatic heterocycles. The third-order valence-electron chi connectivity index (χ3n) is 9.62. The Morgan fingerprint density at radius 3 is 2.59 bits per heavy atom. The molecule has 2 fully saturated rings. The molecule has 49 heavy (non-hydrogen) atoms. The summed E-state index contributed by atoms with van der Waals surface area (Å²) in [5, 5.41) is 6.74. The summed E-state index contributed by atoms with van der Waals surface area (Å²) >= 11 is 6.10. The maximum atomic E-state index is 13.5. The molecule has 0 bridgehead atoms. The molecule has 3 N–H and O–H groups in total. The van der Waals surface area contributed by atoms with E-state index in [0.717, 1.165) is 16.5 Å². The molecule has 3 aliphatic rings. The molecule has 11 heteroatoms. The van der Waals surface area contributed by atoms with Gasteiger partial charge in [0.15, 0.2) is 0 Å². The highest BCUT2D eigenvalue weighted by Gasteiger charge is 2.47. The fraction of sp³-hybridized carbons (Fsp3) is 0.421. The lowest BCUT2D eigenvalue weighted by Crippen LogP contribution is -2.54. The normalized spacial score (nSPS) is 19.8. The molecule has 3 aromatic rings. The third-order valence-corrected chi connectivity index (χ3v) is 9.85. The second-order valence-electron chi connectivity index (χ2n) is 12.9. The summed E-state index contributed by atoms with van der Waals surface area (Å²) in [7, 11) is 3.05. The van der Waals surface area contributed by atoms with Crippen LogP contribution in [-0.4, -0.2) is 85.3 Å². The Bertz CT molecular complexity index is 1730. The zero-order chi connectivity index (χ0) is 34.9. The molecule has 1 aliphatic carbocycles. The van der Waals surface area contributed by atoms with E-state index in [1.165, 1.54) is 32.7 Å². The lowest BCUT2D eigenvalue weighted by Gasteiger charge is -2.39. The summed E-state index contributed by atoms with van der Waals surface area (Å²) in [6, 6.07) is 12.5. The molecule has 0 spiro atoms.